The molecule has 0 aromatic rings. The van der Waals surface area contributed by atoms with E-state index in [1.807, 2.05) is 0 Å². The minimum atomic E-state index is 1.02. The van der Waals surface area contributed by atoms with Gasteiger partial charge in [-0.3, -0.25) is 0 Å². The van der Waals surface area contributed by atoms with Gasteiger partial charge in [-0.15, -0.1) is 0 Å². The maximum absolute atomic E-state index is 2.44. The van der Waals surface area contributed by atoms with E-state index in [1.165, 1.54) is 212 Å². The molecule has 0 heteroatoms. The van der Waals surface area contributed by atoms with Crippen molar-refractivity contribution in [3.05, 3.63) is 0 Å². The maximum Gasteiger partial charge on any atom is -0.0386 e. The highest BCUT2D eigenvalue weighted by molar-refractivity contribution is 4.89. The molecule has 12 aliphatic carbocycles. The van der Waals surface area contributed by atoms with Gasteiger partial charge in [-0.1, -0.05) is 398 Å². The van der Waals surface area contributed by atoms with Gasteiger partial charge in [0.15, 0.2) is 0 Å². The standard InChI is InChI=1S/C20H38.2C19H36.C18H34.C17H32.C16H30/c1-3-5-6-8-18-11-15-20(16-12-18)19-13-9-17(7-4-2)10-14-19;1-3-5-6-7-17-10-14-19(15-11-17)18-12-8-16(4-2)9-13-18;1-3-5-7-17-10-14-19(15-11-17)18-12-8-16(6-4-2)9-13-18;1-3-5-6-16-9-13-18(14-10-16)17-11-7-15(4-2)8-12-17;1-3-5-15-8-12-17(13-9-15)16-10-6-14(4-2)7-11-16;1-3-4-14-7-11-16(12-8-14)15-9-5-13(2)6-10-15/h17-20H,3-16H2,1-2H3;2*16-19H,3-15H2,1-2H3;15-18H,3-14H2,1-2H3;14-17H,3-13H2,1-2H3;13-16H,3-12H2,1-2H3. The van der Waals surface area contributed by atoms with Gasteiger partial charge in [0.05, 0.1) is 0 Å². The van der Waals surface area contributed by atoms with E-state index in [0.717, 1.165) is 142 Å². The van der Waals surface area contributed by atoms with Gasteiger partial charge in [0, 0.05) is 0 Å². The molecule has 0 heterocycles. The van der Waals surface area contributed by atoms with Crippen LogP contribution in [-0.4, -0.2) is 0 Å². The van der Waals surface area contributed by atoms with Crippen LogP contribution in [0.15, 0.2) is 0 Å². The summed E-state index contributed by atoms with van der Waals surface area (Å²) in [6, 6.07) is 0. The van der Waals surface area contributed by atoms with Crippen LogP contribution in [-0.2, 0) is 0 Å². The van der Waals surface area contributed by atoms with E-state index in [4.69, 9.17) is 0 Å². The van der Waals surface area contributed by atoms with E-state index in [-0.39, 0.29) is 0 Å². The Morgan fingerprint density at radius 1 is 0.128 bits per heavy atom. The number of hydrogen-bond acceptors (Lipinski definition) is 0. The Labute approximate surface area is 689 Å². The minimum Gasteiger partial charge on any atom is -0.0654 e. The van der Waals surface area contributed by atoms with Gasteiger partial charge in [0.2, 0.25) is 0 Å². The molecule has 0 aromatic heterocycles. The van der Waals surface area contributed by atoms with Crippen LogP contribution in [0, 0.1) is 142 Å². The summed E-state index contributed by atoms with van der Waals surface area (Å²) < 4.78 is 0. The van der Waals surface area contributed by atoms with Gasteiger partial charge >= 0.3 is 0 Å². The molecule has 0 spiro atoms. The first-order valence-electron chi connectivity index (χ1n) is 53.4. The second-order valence-corrected chi connectivity index (χ2v) is 43.3. The van der Waals surface area contributed by atoms with Crippen molar-refractivity contribution in [2.45, 2.75) is 552 Å². The molecule has 0 unspecified atom stereocenters. The zero-order chi connectivity index (χ0) is 77.5. The molecule has 0 atom stereocenters. The fourth-order valence-corrected chi connectivity index (χ4v) is 27.5. The lowest BCUT2D eigenvalue weighted by Crippen LogP contribution is -2.25. The summed E-state index contributed by atoms with van der Waals surface area (Å²) in [4.78, 5) is 0. The Bertz CT molecular complexity index is 1990. The molecule has 0 bridgehead atoms. The Kier molecular flexibility index (Phi) is 51.9. The first kappa shape index (κ1) is 96.1. The van der Waals surface area contributed by atoms with Crippen molar-refractivity contribution in [3.63, 3.8) is 0 Å². The first-order valence-corrected chi connectivity index (χ1v) is 53.4. The largest absolute Gasteiger partial charge is 0.0654 e. The average molecular weight is 1520 g/mol. The van der Waals surface area contributed by atoms with E-state index in [2.05, 4.69) is 83.1 Å². The fourth-order valence-electron chi connectivity index (χ4n) is 27.5. The Morgan fingerprint density at radius 3 is 0.413 bits per heavy atom. The minimum absolute atomic E-state index is 1.02. The molecule has 642 valence electrons. The normalized spacial score (nSPS) is 37.4. The van der Waals surface area contributed by atoms with E-state index in [9.17, 15) is 0 Å². The number of rotatable bonds is 31. The van der Waals surface area contributed by atoms with Crippen molar-refractivity contribution in [2.75, 3.05) is 0 Å². The van der Waals surface area contributed by atoms with Gasteiger partial charge in [-0.25, -0.2) is 0 Å². The third-order valence-electron chi connectivity index (χ3n) is 35.7. The van der Waals surface area contributed by atoms with Gasteiger partial charge in [0.1, 0.15) is 0 Å². The first-order chi connectivity index (χ1) is 53.4. The predicted octanol–water partition coefficient (Wildman–Crippen LogP) is 37.6. The van der Waals surface area contributed by atoms with Crippen LogP contribution in [0.1, 0.15) is 552 Å². The molecular weight excluding hydrogens is 1310 g/mol. The zero-order valence-corrected chi connectivity index (χ0v) is 77.5. The van der Waals surface area contributed by atoms with Crippen LogP contribution in [0.4, 0.5) is 0 Å². The van der Waals surface area contributed by atoms with Gasteiger partial charge in [-0.2, -0.15) is 0 Å². The van der Waals surface area contributed by atoms with Crippen molar-refractivity contribution in [1.29, 1.82) is 0 Å². The fraction of sp³-hybridized carbons (Fsp3) is 1.00. The molecule has 0 aliphatic heterocycles. The Morgan fingerprint density at radius 2 is 0.266 bits per heavy atom. The SMILES string of the molecule is CCCC1CCC(C2CCC(C)CC2)CC1.CCCC1CCC(C2CCC(CC)CC2)CC1.CCCCC1CCC(C2CCC(CC)CC2)CC1.CCCCC1CCC(C2CCC(CCC)CC2)CC1.CCCCCC1CCC(C2CCC(CC)CC2)CC1.CCCCCC1CCC(C2CCC(CCC)CC2)CC1. The highest BCUT2D eigenvalue weighted by Gasteiger charge is 2.37. The lowest BCUT2D eigenvalue weighted by Gasteiger charge is -2.38. The molecule has 12 fully saturated rings. The molecule has 12 rings (SSSR count). The topological polar surface area (TPSA) is 0 Å². The smallest absolute Gasteiger partial charge is 0.0386 e. The molecule has 12 saturated carbocycles. The molecule has 0 amide bonds. The lowest BCUT2D eigenvalue weighted by atomic mass is 9.68. The summed E-state index contributed by atoms with van der Waals surface area (Å²) in [6.07, 6.45) is 111. The molecule has 0 N–H and O–H groups in total. The highest BCUT2D eigenvalue weighted by Crippen LogP contribution is 2.50. The maximum atomic E-state index is 2.44. The summed E-state index contributed by atoms with van der Waals surface area (Å²) in [6.45, 7) is 28.3. The summed E-state index contributed by atoms with van der Waals surface area (Å²) in [5.41, 5.74) is 0. The Balaban J connectivity index is 0.000000182. The van der Waals surface area contributed by atoms with E-state index in [0.29, 0.717) is 0 Å². The van der Waals surface area contributed by atoms with E-state index < -0.39 is 0 Å². The van der Waals surface area contributed by atoms with Crippen molar-refractivity contribution in [2.24, 2.45) is 142 Å². The van der Waals surface area contributed by atoms with Gasteiger partial charge in [0.25, 0.3) is 0 Å². The molecule has 0 saturated heterocycles. The van der Waals surface area contributed by atoms with E-state index >= 15 is 0 Å². The summed E-state index contributed by atoms with van der Waals surface area (Å²) in [5.74, 6) is 26.3. The molecule has 109 heavy (non-hydrogen) atoms. The van der Waals surface area contributed by atoms with Crippen LogP contribution in [0.25, 0.3) is 0 Å². The number of unbranched alkanes of at least 4 members (excludes halogenated alkanes) is 6. The average Bonchev–Trinajstić information content (AvgIpc) is 0.890. The number of hydrogen-bond donors (Lipinski definition) is 0. The van der Waals surface area contributed by atoms with Crippen LogP contribution >= 0.6 is 0 Å². The van der Waals surface area contributed by atoms with Crippen molar-refractivity contribution in [1.82, 2.24) is 0 Å². The van der Waals surface area contributed by atoms with Crippen molar-refractivity contribution < 1.29 is 0 Å². The quantitative estimate of drug-likeness (QED) is 0.0607. The van der Waals surface area contributed by atoms with E-state index in [1.54, 1.807) is 257 Å². The molecule has 12 aliphatic rings. The van der Waals surface area contributed by atoms with Gasteiger partial charge in [-0.05, 0) is 296 Å². The third-order valence-corrected chi connectivity index (χ3v) is 35.7. The highest BCUT2D eigenvalue weighted by atomic mass is 14.4. The second-order valence-electron chi connectivity index (χ2n) is 43.3. The zero-order valence-electron chi connectivity index (χ0n) is 77.5. The molecule has 0 radical (unpaired) electrons. The summed E-state index contributed by atoms with van der Waals surface area (Å²) in [5, 5.41) is 0. The molecular formula is C109H206. The van der Waals surface area contributed by atoms with Crippen LogP contribution in [0.2, 0.25) is 0 Å². The third kappa shape index (κ3) is 37.5. The van der Waals surface area contributed by atoms with Crippen molar-refractivity contribution >= 4 is 0 Å². The Hall–Kier alpha value is 0. The monoisotopic (exact) mass is 1520 g/mol. The molecule has 0 nitrogen and oxygen atoms in total. The predicted molar refractivity (Wildman–Crippen MR) is 489 cm³/mol. The van der Waals surface area contributed by atoms with Crippen LogP contribution < -0.4 is 0 Å². The second kappa shape index (κ2) is 58.8. The lowest BCUT2D eigenvalue weighted by molar-refractivity contribution is 0.140. The summed E-state index contributed by atoms with van der Waals surface area (Å²) in [7, 11) is 0. The van der Waals surface area contributed by atoms with Crippen molar-refractivity contribution in [3.8, 4) is 0 Å². The van der Waals surface area contributed by atoms with Crippen LogP contribution in [0.3, 0.4) is 0 Å². The van der Waals surface area contributed by atoms with Crippen LogP contribution in [0.5, 0.6) is 0 Å². The van der Waals surface area contributed by atoms with Gasteiger partial charge < -0.3 is 0 Å². The summed E-state index contributed by atoms with van der Waals surface area (Å²) >= 11 is 0. The molecule has 0 aromatic carbocycles.